The molecule has 3 rings (SSSR count). The second-order valence-corrected chi connectivity index (χ2v) is 6.06. The molecule has 2 aromatic rings. The van der Waals surface area contributed by atoms with Gasteiger partial charge < -0.3 is 9.47 Å². The molecule has 0 fully saturated rings. The van der Waals surface area contributed by atoms with Crippen LogP contribution >= 0.6 is 23.4 Å². The lowest BCUT2D eigenvalue weighted by atomic mass is 10.1. The van der Waals surface area contributed by atoms with Crippen molar-refractivity contribution in [3.63, 3.8) is 0 Å². The number of fused-ring (bicyclic) bond motifs is 1. The molecule has 5 heteroatoms. The number of ketones is 1. The Morgan fingerprint density at radius 3 is 3.00 bits per heavy atom. The smallest absolute Gasteiger partial charge is 0.189 e. The van der Waals surface area contributed by atoms with Crippen LogP contribution in [0, 0.1) is 0 Å². The fourth-order valence-corrected chi connectivity index (χ4v) is 3.12. The standard InChI is InChI=1S/C17H13ClO3S/c1-20-15-9-17-16(21-10-22-17)8-13(15)14(19)6-5-11-3-2-4-12(18)7-11/h2-9H,10H2,1H3/b6-5+. The Bertz CT molecular complexity index is 756. The first-order chi connectivity index (χ1) is 10.7. The first-order valence-electron chi connectivity index (χ1n) is 6.63. The van der Waals surface area contributed by atoms with Crippen LogP contribution in [0.4, 0.5) is 0 Å². The number of ether oxygens (including phenoxy) is 2. The van der Waals surface area contributed by atoms with Crippen LogP contribution in [0.3, 0.4) is 0 Å². The normalized spacial score (nSPS) is 13.0. The number of allylic oxidation sites excluding steroid dienone is 1. The van der Waals surface area contributed by atoms with E-state index in [9.17, 15) is 4.79 Å². The molecular weight excluding hydrogens is 320 g/mol. The molecule has 0 aromatic heterocycles. The van der Waals surface area contributed by atoms with Gasteiger partial charge in [0.05, 0.1) is 17.6 Å². The van der Waals surface area contributed by atoms with Gasteiger partial charge in [-0.1, -0.05) is 41.6 Å². The third-order valence-corrected chi connectivity index (χ3v) is 4.34. The third kappa shape index (κ3) is 3.13. The summed E-state index contributed by atoms with van der Waals surface area (Å²) in [5, 5.41) is 0.634. The highest BCUT2D eigenvalue weighted by molar-refractivity contribution is 7.99. The number of hydrogen-bond acceptors (Lipinski definition) is 4. The van der Waals surface area contributed by atoms with E-state index >= 15 is 0 Å². The van der Waals surface area contributed by atoms with Crippen molar-refractivity contribution in [3.8, 4) is 11.5 Å². The number of carbonyl (C=O) groups excluding carboxylic acids is 1. The largest absolute Gasteiger partial charge is 0.496 e. The van der Waals surface area contributed by atoms with E-state index < -0.39 is 0 Å². The molecule has 0 N–H and O–H groups in total. The highest BCUT2D eigenvalue weighted by atomic mass is 35.5. The molecule has 0 saturated carbocycles. The second kappa shape index (κ2) is 6.46. The van der Waals surface area contributed by atoms with Gasteiger partial charge >= 0.3 is 0 Å². The number of thioether (sulfide) groups is 1. The fraction of sp³-hybridized carbons (Fsp3) is 0.118. The van der Waals surface area contributed by atoms with E-state index in [4.69, 9.17) is 21.1 Å². The third-order valence-electron chi connectivity index (χ3n) is 3.24. The minimum absolute atomic E-state index is 0.139. The molecule has 0 atom stereocenters. The van der Waals surface area contributed by atoms with Gasteiger partial charge in [0.15, 0.2) is 5.78 Å². The molecule has 112 valence electrons. The number of halogens is 1. The van der Waals surface area contributed by atoms with Gasteiger partial charge in [-0.3, -0.25) is 4.79 Å². The van der Waals surface area contributed by atoms with Crippen LogP contribution in [0.25, 0.3) is 6.08 Å². The van der Waals surface area contributed by atoms with Crippen LogP contribution in [0.1, 0.15) is 15.9 Å². The summed E-state index contributed by atoms with van der Waals surface area (Å²) < 4.78 is 10.8. The zero-order chi connectivity index (χ0) is 15.5. The monoisotopic (exact) mass is 332 g/mol. The molecule has 0 aliphatic carbocycles. The highest BCUT2D eigenvalue weighted by Crippen LogP contribution is 2.40. The number of methoxy groups -OCH3 is 1. The molecule has 3 nitrogen and oxygen atoms in total. The van der Waals surface area contributed by atoms with Gasteiger partial charge in [-0.2, -0.15) is 0 Å². The van der Waals surface area contributed by atoms with Crippen LogP contribution in [0.15, 0.2) is 47.4 Å². The summed E-state index contributed by atoms with van der Waals surface area (Å²) in [5.41, 5.74) is 1.36. The average Bonchev–Trinajstić information content (AvgIpc) is 2.98. The molecule has 2 aromatic carbocycles. The minimum Gasteiger partial charge on any atom is -0.496 e. The predicted octanol–water partition coefficient (Wildman–Crippen LogP) is 4.69. The first kappa shape index (κ1) is 15.0. The van der Waals surface area contributed by atoms with E-state index in [-0.39, 0.29) is 5.78 Å². The Hall–Kier alpha value is -1.91. The van der Waals surface area contributed by atoms with Gasteiger partial charge in [0.2, 0.25) is 0 Å². The zero-order valence-electron chi connectivity index (χ0n) is 11.8. The maximum Gasteiger partial charge on any atom is 0.189 e. The van der Waals surface area contributed by atoms with Gasteiger partial charge in [0, 0.05) is 5.02 Å². The van der Waals surface area contributed by atoms with Crippen LogP contribution in [0.2, 0.25) is 5.02 Å². The summed E-state index contributed by atoms with van der Waals surface area (Å²) in [6.07, 6.45) is 3.24. The fourth-order valence-electron chi connectivity index (χ4n) is 2.16. The van der Waals surface area contributed by atoms with Crippen molar-refractivity contribution in [1.29, 1.82) is 0 Å². The molecule has 1 aliphatic heterocycles. The summed E-state index contributed by atoms with van der Waals surface area (Å²) in [4.78, 5) is 13.4. The Kier molecular flexibility index (Phi) is 4.41. The Labute approximate surface area is 137 Å². The molecule has 0 unspecified atom stereocenters. The molecule has 1 aliphatic rings. The quantitative estimate of drug-likeness (QED) is 0.601. The van der Waals surface area contributed by atoms with Crippen molar-refractivity contribution >= 4 is 35.2 Å². The summed E-state index contributed by atoms with van der Waals surface area (Å²) in [7, 11) is 1.56. The summed E-state index contributed by atoms with van der Waals surface area (Å²) in [6, 6.07) is 10.9. The minimum atomic E-state index is -0.139. The van der Waals surface area contributed by atoms with Crippen LogP contribution in [0.5, 0.6) is 11.5 Å². The molecule has 22 heavy (non-hydrogen) atoms. The van der Waals surface area contributed by atoms with E-state index in [1.807, 2.05) is 18.2 Å². The van der Waals surface area contributed by atoms with Crippen molar-refractivity contribution in [2.24, 2.45) is 0 Å². The molecule has 1 heterocycles. The van der Waals surface area contributed by atoms with Gasteiger partial charge in [0.25, 0.3) is 0 Å². The van der Waals surface area contributed by atoms with Crippen LogP contribution in [-0.2, 0) is 0 Å². The number of carbonyl (C=O) groups is 1. The number of rotatable bonds is 4. The van der Waals surface area contributed by atoms with Gasteiger partial charge in [0.1, 0.15) is 17.4 Å². The van der Waals surface area contributed by atoms with Crippen molar-refractivity contribution in [1.82, 2.24) is 0 Å². The van der Waals surface area contributed by atoms with E-state index in [1.54, 1.807) is 43.1 Å². The maximum atomic E-state index is 12.4. The lowest BCUT2D eigenvalue weighted by Crippen LogP contribution is -1.99. The molecule has 0 amide bonds. The lowest BCUT2D eigenvalue weighted by molar-refractivity contribution is 0.104. The van der Waals surface area contributed by atoms with Crippen molar-refractivity contribution < 1.29 is 14.3 Å². The topological polar surface area (TPSA) is 35.5 Å². The summed E-state index contributed by atoms with van der Waals surface area (Å²) in [5.74, 6) is 1.71. The predicted molar refractivity (Wildman–Crippen MR) is 89.2 cm³/mol. The molecule has 0 spiro atoms. The van der Waals surface area contributed by atoms with Crippen molar-refractivity contribution in [3.05, 3.63) is 58.6 Å². The summed E-state index contributed by atoms with van der Waals surface area (Å²) in [6.45, 7) is 0. The van der Waals surface area contributed by atoms with E-state index in [2.05, 4.69) is 0 Å². The summed E-state index contributed by atoms with van der Waals surface area (Å²) >= 11 is 7.51. The van der Waals surface area contributed by atoms with E-state index in [0.717, 1.165) is 16.2 Å². The second-order valence-electron chi connectivity index (χ2n) is 4.66. The molecule has 0 radical (unpaired) electrons. The van der Waals surface area contributed by atoms with Gasteiger partial charge in [-0.05, 0) is 35.9 Å². The maximum absolute atomic E-state index is 12.4. The first-order valence-corrected chi connectivity index (χ1v) is 7.99. The Balaban J connectivity index is 1.89. The van der Waals surface area contributed by atoms with E-state index in [1.165, 1.54) is 6.08 Å². The molecule has 0 saturated heterocycles. The number of benzene rings is 2. The van der Waals surface area contributed by atoms with Gasteiger partial charge in [-0.25, -0.2) is 0 Å². The lowest BCUT2D eigenvalue weighted by Gasteiger charge is -2.08. The Morgan fingerprint density at radius 2 is 2.23 bits per heavy atom. The number of hydrogen-bond donors (Lipinski definition) is 0. The SMILES string of the molecule is COc1cc2c(cc1C(=O)/C=C/c1cccc(Cl)c1)OCS2. The average molecular weight is 333 g/mol. The van der Waals surface area contributed by atoms with Crippen molar-refractivity contribution in [2.75, 3.05) is 13.0 Å². The van der Waals surface area contributed by atoms with Crippen LogP contribution in [-0.4, -0.2) is 18.8 Å². The Morgan fingerprint density at radius 1 is 1.36 bits per heavy atom. The molecular formula is C17H13ClO3S. The van der Waals surface area contributed by atoms with Crippen LogP contribution < -0.4 is 9.47 Å². The molecule has 0 bridgehead atoms. The van der Waals surface area contributed by atoms with E-state index in [0.29, 0.717) is 22.3 Å². The van der Waals surface area contributed by atoms with Gasteiger partial charge in [-0.15, -0.1) is 0 Å². The zero-order valence-corrected chi connectivity index (χ0v) is 13.4. The highest BCUT2D eigenvalue weighted by Gasteiger charge is 2.19. The van der Waals surface area contributed by atoms with Crippen molar-refractivity contribution in [2.45, 2.75) is 4.90 Å².